The summed E-state index contributed by atoms with van der Waals surface area (Å²) < 4.78 is 5.56. The molecule has 2 amide bonds. The predicted molar refractivity (Wildman–Crippen MR) is 133 cm³/mol. The Kier molecular flexibility index (Phi) is 9.21. The Morgan fingerprint density at radius 2 is 1.88 bits per heavy atom. The highest BCUT2D eigenvalue weighted by Gasteiger charge is 2.25. The lowest BCUT2D eigenvalue weighted by Gasteiger charge is -2.37. The van der Waals surface area contributed by atoms with Gasteiger partial charge in [-0.05, 0) is 56.2 Å². The van der Waals surface area contributed by atoms with Crippen molar-refractivity contribution in [2.45, 2.75) is 64.8 Å². The van der Waals surface area contributed by atoms with E-state index in [1.165, 1.54) is 0 Å². The van der Waals surface area contributed by atoms with Gasteiger partial charge in [-0.15, -0.1) is 0 Å². The molecule has 1 aromatic heterocycles. The van der Waals surface area contributed by atoms with Crippen molar-refractivity contribution in [1.82, 2.24) is 9.97 Å². The van der Waals surface area contributed by atoms with E-state index in [0.29, 0.717) is 29.7 Å². The highest BCUT2D eigenvalue weighted by Crippen LogP contribution is 2.35. The second kappa shape index (κ2) is 12.3. The summed E-state index contributed by atoms with van der Waals surface area (Å²) >= 11 is 0. The van der Waals surface area contributed by atoms with Crippen molar-refractivity contribution >= 4 is 29.1 Å². The molecule has 1 aromatic carbocycles. The van der Waals surface area contributed by atoms with Gasteiger partial charge in [-0.2, -0.15) is 0 Å². The molecule has 0 bridgehead atoms. The van der Waals surface area contributed by atoms with Crippen LogP contribution in [0.2, 0.25) is 0 Å². The van der Waals surface area contributed by atoms with Crippen LogP contribution in [-0.2, 0) is 9.53 Å². The summed E-state index contributed by atoms with van der Waals surface area (Å²) in [5.41, 5.74) is 2.98. The Labute approximate surface area is 200 Å². The number of nitrogens with one attached hydrogen (secondary N) is 2. The van der Waals surface area contributed by atoms with Crippen LogP contribution in [0.1, 0.15) is 63.3 Å². The number of ether oxygens (including phenoxy) is 1. The maximum absolute atomic E-state index is 12.9. The second-order valence-corrected chi connectivity index (χ2v) is 8.61. The molecule has 1 unspecified atom stereocenters. The Hall–Kier alpha value is -3.20. The minimum atomic E-state index is -0.836. The van der Waals surface area contributed by atoms with Gasteiger partial charge in [0.15, 0.2) is 0 Å². The minimum absolute atomic E-state index is 0.0425. The van der Waals surface area contributed by atoms with Gasteiger partial charge in [0, 0.05) is 25.8 Å². The molecular formula is C25H35N5O4. The van der Waals surface area contributed by atoms with Crippen LogP contribution < -0.4 is 15.5 Å². The number of anilines is 3. The summed E-state index contributed by atoms with van der Waals surface area (Å²) in [5.74, 6) is -0.350. The zero-order valence-corrected chi connectivity index (χ0v) is 20.2. The smallest absolute Gasteiger partial charge is 0.323 e. The summed E-state index contributed by atoms with van der Waals surface area (Å²) in [6.45, 7) is 8.17. The number of hydrogen-bond acceptors (Lipinski definition) is 6. The first-order valence-electron chi connectivity index (χ1n) is 12.0. The van der Waals surface area contributed by atoms with E-state index in [0.717, 1.165) is 50.3 Å². The Balaban J connectivity index is 1.93. The number of amides is 2. The highest BCUT2D eigenvalue weighted by atomic mass is 16.5. The van der Waals surface area contributed by atoms with E-state index in [1.807, 2.05) is 25.1 Å². The Bertz CT molecular complexity index is 960. The first-order chi connectivity index (χ1) is 16.4. The maximum atomic E-state index is 12.9. The van der Waals surface area contributed by atoms with Crippen LogP contribution in [0.25, 0.3) is 0 Å². The first-order valence-corrected chi connectivity index (χ1v) is 12.0. The largest absolute Gasteiger partial charge is 0.481 e. The molecule has 0 radical (unpaired) electrons. The van der Waals surface area contributed by atoms with Crippen LogP contribution in [0.15, 0.2) is 30.6 Å². The quantitative estimate of drug-likeness (QED) is 0.458. The Morgan fingerprint density at radius 3 is 2.50 bits per heavy atom. The average molecular weight is 470 g/mol. The average Bonchev–Trinajstić information content (AvgIpc) is 2.83. The molecule has 0 saturated carbocycles. The van der Waals surface area contributed by atoms with Gasteiger partial charge < -0.3 is 25.4 Å². The molecule has 9 nitrogen and oxygen atoms in total. The molecule has 9 heteroatoms. The summed E-state index contributed by atoms with van der Waals surface area (Å²) in [5, 5.41) is 15.1. The number of carboxylic acid groups (broad SMARTS) is 1. The van der Waals surface area contributed by atoms with Gasteiger partial charge in [-0.1, -0.05) is 19.9 Å². The zero-order valence-electron chi connectivity index (χ0n) is 20.2. The molecule has 2 heterocycles. The number of aliphatic carboxylic acids is 1. The second-order valence-electron chi connectivity index (χ2n) is 8.61. The Morgan fingerprint density at radius 1 is 1.18 bits per heavy atom. The normalized spacial score (nSPS) is 14.9. The lowest BCUT2D eigenvalue weighted by molar-refractivity contribution is -0.137. The summed E-state index contributed by atoms with van der Waals surface area (Å²) in [7, 11) is 0. The number of aryl methyl sites for hydroxylation is 1. The van der Waals surface area contributed by atoms with Crippen molar-refractivity contribution in [2.24, 2.45) is 0 Å². The summed E-state index contributed by atoms with van der Waals surface area (Å²) in [6.07, 6.45) is 6.66. The van der Waals surface area contributed by atoms with Crippen LogP contribution >= 0.6 is 0 Å². The van der Waals surface area contributed by atoms with Crippen LogP contribution in [0, 0.1) is 6.92 Å². The SMILES string of the molecule is CCCN(c1ccc(C(CC)CC(=O)O)cc1NC(=O)Nc1cnc(C)nc1)C1CCOCC1. The molecule has 1 aliphatic heterocycles. The molecule has 1 aliphatic rings. The number of carbonyl (C=O) groups is 2. The number of rotatable bonds is 10. The molecule has 1 fully saturated rings. The van der Waals surface area contributed by atoms with Gasteiger partial charge in [0.25, 0.3) is 0 Å². The van der Waals surface area contributed by atoms with Gasteiger partial charge >= 0.3 is 12.0 Å². The van der Waals surface area contributed by atoms with Crippen molar-refractivity contribution < 1.29 is 19.4 Å². The molecule has 0 aliphatic carbocycles. The van der Waals surface area contributed by atoms with E-state index in [-0.39, 0.29) is 12.3 Å². The molecule has 2 aromatic rings. The van der Waals surface area contributed by atoms with E-state index in [4.69, 9.17) is 4.74 Å². The third-order valence-electron chi connectivity index (χ3n) is 6.10. The molecule has 3 rings (SSSR count). The van der Waals surface area contributed by atoms with Crippen molar-refractivity contribution in [3.63, 3.8) is 0 Å². The monoisotopic (exact) mass is 469 g/mol. The van der Waals surface area contributed by atoms with Crippen molar-refractivity contribution in [3.8, 4) is 0 Å². The van der Waals surface area contributed by atoms with Gasteiger partial charge in [-0.25, -0.2) is 14.8 Å². The lowest BCUT2D eigenvalue weighted by atomic mass is 9.92. The van der Waals surface area contributed by atoms with Crippen molar-refractivity contribution in [3.05, 3.63) is 42.0 Å². The number of urea groups is 1. The number of aromatic nitrogens is 2. The fourth-order valence-electron chi connectivity index (χ4n) is 4.35. The van der Waals surface area contributed by atoms with E-state index in [9.17, 15) is 14.7 Å². The molecular weight excluding hydrogens is 434 g/mol. The third kappa shape index (κ3) is 6.90. The van der Waals surface area contributed by atoms with Crippen molar-refractivity contribution in [2.75, 3.05) is 35.3 Å². The standard InChI is InChI=1S/C25H35N5O4/c1-4-10-30(21-8-11-34-12-9-21)23-7-6-19(18(5-2)14-24(31)32)13-22(23)29-25(33)28-20-15-26-17(3)27-16-20/h6-7,13,15-16,18,21H,4-5,8-12,14H2,1-3H3,(H,31,32)(H2,28,29,33). The zero-order chi connectivity index (χ0) is 24.5. The molecule has 0 spiro atoms. The molecule has 184 valence electrons. The van der Waals surface area contributed by atoms with E-state index in [1.54, 1.807) is 19.3 Å². The predicted octanol–water partition coefficient (Wildman–Crippen LogP) is 4.79. The van der Waals surface area contributed by atoms with Crippen LogP contribution in [0.4, 0.5) is 21.9 Å². The van der Waals surface area contributed by atoms with E-state index in [2.05, 4.69) is 32.4 Å². The molecule has 3 N–H and O–H groups in total. The molecule has 1 atom stereocenters. The van der Waals surface area contributed by atoms with E-state index >= 15 is 0 Å². The van der Waals surface area contributed by atoms with Crippen LogP contribution in [0.5, 0.6) is 0 Å². The van der Waals surface area contributed by atoms with Crippen molar-refractivity contribution in [1.29, 1.82) is 0 Å². The van der Waals surface area contributed by atoms with Gasteiger partial charge in [0.1, 0.15) is 5.82 Å². The number of nitrogens with zero attached hydrogens (tertiary/aromatic N) is 3. The topological polar surface area (TPSA) is 117 Å². The summed E-state index contributed by atoms with van der Waals surface area (Å²) in [6, 6.07) is 5.83. The number of benzene rings is 1. The summed E-state index contributed by atoms with van der Waals surface area (Å²) in [4.78, 5) is 34.9. The number of carboxylic acids is 1. The van der Waals surface area contributed by atoms with Gasteiger partial charge in [0.05, 0.1) is 35.9 Å². The van der Waals surface area contributed by atoms with E-state index < -0.39 is 12.0 Å². The number of hydrogen-bond donors (Lipinski definition) is 3. The van der Waals surface area contributed by atoms with Gasteiger partial charge in [0.2, 0.25) is 0 Å². The third-order valence-corrected chi connectivity index (χ3v) is 6.10. The first kappa shape index (κ1) is 25.4. The molecule has 1 saturated heterocycles. The lowest BCUT2D eigenvalue weighted by Crippen LogP contribution is -2.40. The van der Waals surface area contributed by atoms with Crippen LogP contribution in [-0.4, -0.2) is 52.9 Å². The number of carbonyl (C=O) groups excluding carboxylic acids is 1. The fraction of sp³-hybridized carbons (Fsp3) is 0.520. The van der Waals surface area contributed by atoms with Gasteiger partial charge in [-0.3, -0.25) is 4.79 Å². The molecule has 34 heavy (non-hydrogen) atoms. The minimum Gasteiger partial charge on any atom is -0.481 e. The highest BCUT2D eigenvalue weighted by molar-refractivity contribution is 6.01. The van der Waals surface area contributed by atoms with Crippen LogP contribution in [0.3, 0.4) is 0 Å². The maximum Gasteiger partial charge on any atom is 0.323 e. The fourth-order valence-corrected chi connectivity index (χ4v) is 4.35.